The third-order valence-electron chi connectivity index (χ3n) is 5.16. The molecule has 1 aromatic heterocycles. The molecule has 3 aromatic rings. The predicted octanol–water partition coefficient (Wildman–Crippen LogP) is 3.30. The van der Waals surface area contributed by atoms with E-state index in [9.17, 15) is 14.0 Å². The van der Waals surface area contributed by atoms with Crippen molar-refractivity contribution in [3.63, 3.8) is 0 Å². The summed E-state index contributed by atoms with van der Waals surface area (Å²) in [5, 5.41) is 6.55. The molecule has 2 aromatic carbocycles. The van der Waals surface area contributed by atoms with E-state index in [1.54, 1.807) is 6.07 Å². The van der Waals surface area contributed by atoms with E-state index < -0.39 is 0 Å². The van der Waals surface area contributed by atoms with E-state index in [1.165, 1.54) is 12.1 Å². The minimum atomic E-state index is -0.297. The molecule has 144 valence electrons. The van der Waals surface area contributed by atoms with Gasteiger partial charge in [0.1, 0.15) is 5.82 Å². The number of amides is 2. The van der Waals surface area contributed by atoms with E-state index in [4.69, 9.17) is 0 Å². The van der Waals surface area contributed by atoms with Gasteiger partial charge in [0, 0.05) is 42.0 Å². The Morgan fingerprint density at radius 1 is 1.18 bits per heavy atom. The summed E-state index contributed by atoms with van der Waals surface area (Å²) in [4.78, 5) is 27.0. The van der Waals surface area contributed by atoms with Crippen LogP contribution in [0.2, 0.25) is 0 Å². The van der Waals surface area contributed by atoms with Gasteiger partial charge in [0.25, 0.3) is 0 Å². The zero-order valence-corrected chi connectivity index (χ0v) is 15.4. The minimum absolute atomic E-state index is 0.0267. The van der Waals surface area contributed by atoms with Crippen LogP contribution in [0.3, 0.4) is 0 Å². The van der Waals surface area contributed by atoms with Crippen molar-refractivity contribution in [1.82, 2.24) is 15.6 Å². The number of aromatic nitrogens is 1. The highest BCUT2D eigenvalue weighted by molar-refractivity contribution is 5.91. The lowest BCUT2D eigenvalue weighted by Gasteiger charge is -2.23. The Labute approximate surface area is 162 Å². The molecule has 4 rings (SSSR count). The summed E-state index contributed by atoms with van der Waals surface area (Å²) in [6.45, 7) is 0.470. The second kappa shape index (κ2) is 7.84. The Hall–Kier alpha value is -3.15. The molecule has 0 aliphatic carbocycles. The van der Waals surface area contributed by atoms with Crippen LogP contribution >= 0.6 is 0 Å². The van der Waals surface area contributed by atoms with Gasteiger partial charge in [-0.2, -0.15) is 0 Å². The summed E-state index contributed by atoms with van der Waals surface area (Å²) >= 11 is 0. The number of nitrogens with one attached hydrogen (secondary N) is 3. The number of hydrogen-bond donors (Lipinski definition) is 3. The number of halogens is 1. The Morgan fingerprint density at radius 3 is 2.75 bits per heavy atom. The lowest BCUT2D eigenvalue weighted by Crippen LogP contribution is -2.47. The lowest BCUT2D eigenvalue weighted by atomic mass is 10.0. The second-order valence-electron chi connectivity index (χ2n) is 7.14. The molecule has 0 saturated carbocycles. The molecule has 0 spiro atoms. The van der Waals surface area contributed by atoms with E-state index >= 15 is 0 Å². The highest BCUT2D eigenvalue weighted by atomic mass is 19.1. The van der Waals surface area contributed by atoms with Gasteiger partial charge in [-0.25, -0.2) is 4.39 Å². The molecule has 5 nitrogen and oxygen atoms in total. The SMILES string of the molecule is O=C1CCC(NC(=O)CCc2c(-c3ccccc3)[nH]c3ccc(F)cc23)CN1. The van der Waals surface area contributed by atoms with Gasteiger partial charge in [0.05, 0.1) is 0 Å². The average Bonchev–Trinajstić information content (AvgIpc) is 3.06. The number of hydrogen-bond acceptors (Lipinski definition) is 2. The summed E-state index contributed by atoms with van der Waals surface area (Å²) in [6.07, 6.45) is 1.89. The third kappa shape index (κ3) is 3.91. The third-order valence-corrected chi connectivity index (χ3v) is 5.16. The molecule has 1 aliphatic rings. The van der Waals surface area contributed by atoms with Crippen molar-refractivity contribution >= 4 is 22.7 Å². The number of fused-ring (bicyclic) bond motifs is 1. The summed E-state index contributed by atoms with van der Waals surface area (Å²) in [5.74, 6) is -0.334. The Bertz CT molecular complexity index is 1000. The lowest BCUT2D eigenvalue weighted by molar-refractivity contribution is -0.125. The van der Waals surface area contributed by atoms with Crippen LogP contribution in [-0.4, -0.2) is 29.4 Å². The zero-order valence-electron chi connectivity index (χ0n) is 15.4. The fourth-order valence-electron chi connectivity index (χ4n) is 3.73. The van der Waals surface area contributed by atoms with Gasteiger partial charge in [-0.05, 0) is 42.2 Å². The number of carbonyl (C=O) groups is 2. The van der Waals surface area contributed by atoms with Crippen molar-refractivity contribution in [2.24, 2.45) is 0 Å². The molecular formula is C22H22FN3O2. The maximum absolute atomic E-state index is 13.8. The normalized spacial score (nSPS) is 16.8. The number of aromatic amines is 1. The summed E-state index contributed by atoms with van der Waals surface area (Å²) in [6, 6.07) is 14.5. The standard InChI is InChI=1S/C22H22FN3O2/c23-15-6-9-19-18(12-15)17(22(26-19)14-4-2-1-3-5-14)8-11-21(28)25-16-7-10-20(27)24-13-16/h1-6,9,12,16,26H,7-8,10-11,13H2,(H,24,27)(H,25,28). The first kappa shape index (κ1) is 18.2. The first-order chi connectivity index (χ1) is 13.6. The highest BCUT2D eigenvalue weighted by Crippen LogP contribution is 2.31. The fraction of sp³-hybridized carbons (Fsp3) is 0.273. The number of benzene rings is 2. The molecule has 1 saturated heterocycles. The van der Waals surface area contributed by atoms with Crippen molar-refractivity contribution in [3.8, 4) is 11.3 Å². The first-order valence-electron chi connectivity index (χ1n) is 9.52. The van der Waals surface area contributed by atoms with Crippen molar-refractivity contribution < 1.29 is 14.0 Å². The van der Waals surface area contributed by atoms with Crippen LogP contribution in [0.25, 0.3) is 22.2 Å². The van der Waals surface area contributed by atoms with E-state index in [2.05, 4.69) is 15.6 Å². The van der Waals surface area contributed by atoms with E-state index in [-0.39, 0.29) is 23.7 Å². The van der Waals surface area contributed by atoms with Crippen molar-refractivity contribution in [3.05, 3.63) is 59.9 Å². The Balaban J connectivity index is 1.54. The van der Waals surface area contributed by atoms with Crippen LogP contribution in [-0.2, 0) is 16.0 Å². The average molecular weight is 379 g/mol. The molecule has 0 radical (unpaired) electrons. The maximum atomic E-state index is 13.8. The summed E-state index contributed by atoms with van der Waals surface area (Å²) < 4.78 is 13.8. The van der Waals surface area contributed by atoms with Crippen LogP contribution in [0.15, 0.2) is 48.5 Å². The van der Waals surface area contributed by atoms with Gasteiger partial charge in [-0.1, -0.05) is 30.3 Å². The molecule has 2 heterocycles. The van der Waals surface area contributed by atoms with Crippen LogP contribution < -0.4 is 10.6 Å². The van der Waals surface area contributed by atoms with Crippen LogP contribution in [0, 0.1) is 5.82 Å². The second-order valence-corrected chi connectivity index (χ2v) is 7.14. The fourth-order valence-corrected chi connectivity index (χ4v) is 3.73. The highest BCUT2D eigenvalue weighted by Gasteiger charge is 2.20. The van der Waals surface area contributed by atoms with E-state index in [0.29, 0.717) is 32.2 Å². The quantitative estimate of drug-likeness (QED) is 0.636. The number of H-pyrrole nitrogens is 1. The number of aryl methyl sites for hydroxylation is 1. The molecule has 3 N–H and O–H groups in total. The van der Waals surface area contributed by atoms with Gasteiger partial charge >= 0.3 is 0 Å². The van der Waals surface area contributed by atoms with Gasteiger partial charge in [0.2, 0.25) is 11.8 Å². The zero-order chi connectivity index (χ0) is 19.5. The molecule has 1 atom stereocenters. The van der Waals surface area contributed by atoms with Crippen molar-refractivity contribution in [2.75, 3.05) is 6.54 Å². The molecule has 28 heavy (non-hydrogen) atoms. The maximum Gasteiger partial charge on any atom is 0.220 e. The number of piperidine rings is 1. The van der Waals surface area contributed by atoms with Crippen molar-refractivity contribution in [2.45, 2.75) is 31.7 Å². The Kier molecular flexibility index (Phi) is 5.10. The number of carbonyl (C=O) groups excluding carboxylic acids is 2. The monoisotopic (exact) mass is 379 g/mol. The number of rotatable bonds is 5. The van der Waals surface area contributed by atoms with Crippen LogP contribution in [0.1, 0.15) is 24.8 Å². The summed E-state index contributed by atoms with van der Waals surface area (Å²) in [7, 11) is 0. The smallest absolute Gasteiger partial charge is 0.220 e. The molecule has 6 heteroatoms. The summed E-state index contributed by atoms with van der Waals surface area (Å²) in [5.41, 5.74) is 3.71. The van der Waals surface area contributed by atoms with Gasteiger partial charge < -0.3 is 15.6 Å². The van der Waals surface area contributed by atoms with Crippen molar-refractivity contribution in [1.29, 1.82) is 0 Å². The largest absolute Gasteiger partial charge is 0.354 e. The minimum Gasteiger partial charge on any atom is -0.354 e. The molecular weight excluding hydrogens is 357 g/mol. The molecule has 2 amide bonds. The molecule has 0 bridgehead atoms. The van der Waals surface area contributed by atoms with Gasteiger partial charge in [-0.15, -0.1) is 0 Å². The molecule has 1 unspecified atom stereocenters. The van der Waals surface area contributed by atoms with Gasteiger partial charge in [-0.3, -0.25) is 9.59 Å². The van der Waals surface area contributed by atoms with Gasteiger partial charge in [0.15, 0.2) is 0 Å². The predicted molar refractivity (Wildman–Crippen MR) is 106 cm³/mol. The molecule has 1 aliphatic heterocycles. The Morgan fingerprint density at radius 2 is 2.00 bits per heavy atom. The first-order valence-corrected chi connectivity index (χ1v) is 9.52. The van der Waals surface area contributed by atoms with Crippen LogP contribution in [0.5, 0.6) is 0 Å². The molecule has 1 fully saturated rings. The van der Waals surface area contributed by atoms with E-state index in [1.807, 2.05) is 30.3 Å². The van der Waals surface area contributed by atoms with Crippen LogP contribution in [0.4, 0.5) is 4.39 Å². The van der Waals surface area contributed by atoms with E-state index in [0.717, 1.165) is 27.7 Å². The topological polar surface area (TPSA) is 74.0 Å².